The van der Waals surface area contributed by atoms with Gasteiger partial charge in [0.15, 0.2) is 0 Å². The topological polar surface area (TPSA) is 49.4 Å². The Morgan fingerprint density at radius 3 is 2.42 bits per heavy atom. The van der Waals surface area contributed by atoms with E-state index in [1.54, 1.807) is 7.11 Å². The Bertz CT molecular complexity index is 1040. The number of hydrogen-bond acceptors (Lipinski definition) is 5. The number of nitrogens with zero attached hydrogens (tertiary/aromatic N) is 2. The lowest BCUT2D eigenvalue weighted by atomic mass is 9.99. The number of nitrogens with one attached hydrogen (secondary N) is 2. The number of ether oxygens (including phenoxy) is 1. The van der Waals surface area contributed by atoms with Crippen molar-refractivity contribution >= 4 is 39.7 Å². The zero-order valence-electron chi connectivity index (χ0n) is 18.7. The minimum absolute atomic E-state index is 0.138. The molecule has 6 heteroatoms. The van der Waals surface area contributed by atoms with Gasteiger partial charge in [0.05, 0.1) is 7.11 Å². The standard InChI is InChI=1S/C25H31ClN4O/c1-25(2,3)29-19-12-14-30(15-13-19)21-16-23(27-18-10-8-17(26)9-11-18)28-24-20(21)6-5-7-22(24)31-4/h5-11,16,19,29H,12-15H2,1-4H3,(H,27,28). The monoisotopic (exact) mass is 438 g/mol. The second-order valence-corrected chi connectivity index (χ2v) is 9.61. The van der Waals surface area contributed by atoms with Gasteiger partial charge in [-0.2, -0.15) is 0 Å². The van der Waals surface area contributed by atoms with Gasteiger partial charge in [-0.3, -0.25) is 0 Å². The van der Waals surface area contributed by atoms with Crippen molar-refractivity contribution in [3.8, 4) is 5.75 Å². The summed E-state index contributed by atoms with van der Waals surface area (Å²) in [5.74, 6) is 1.58. The van der Waals surface area contributed by atoms with E-state index >= 15 is 0 Å². The smallest absolute Gasteiger partial charge is 0.145 e. The summed E-state index contributed by atoms with van der Waals surface area (Å²) in [5.41, 5.74) is 3.15. The van der Waals surface area contributed by atoms with Crippen LogP contribution in [0.25, 0.3) is 10.9 Å². The van der Waals surface area contributed by atoms with Gasteiger partial charge in [-0.1, -0.05) is 23.7 Å². The van der Waals surface area contributed by atoms with Crippen LogP contribution in [-0.2, 0) is 0 Å². The van der Waals surface area contributed by atoms with Gasteiger partial charge in [-0.15, -0.1) is 0 Å². The van der Waals surface area contributed by atoms with Crippen LogP contribution >= 0.6 is 11.6 Å². The van der Waals surface area contributed by atoms with E-state index in [1.807, 2.05) is 36.4 Å². The summed E-state index contributed by atoms with van der Waals surface area (Å²) in [4.78, 5) is 7.34. The number of rotatable bonds is 5. The van der Waals surface area contributed by atoms with Gasteiger partial charge in [0.2, 0.25) is 0 Å². The van der Waals surface area contributed by atoms with Gasteiger partial charge in [-0.25, -0.2) is 4.98 Å². The van der Waals surface area contributed by atoms with E-state index in [0.29, 0.717) is 11.1 Å². The molecule has 31 heavy (non-hydrogen) atoms. The first kappa shape index (κ1) is 21.7. The van der Waals surface area contributed by atoms with Crippen molar-refractivity contribution in [3.05, 3.63) is 53.6 Å². The average Bonchev–Trinajstić information content (AvgIpc) is 2.74. The lowest BCUT2D eigenvalue weighted by Gasteiger charge is -2.37. The molecule has 1 aliphatic heterocycles. The van der Waals surface area contributed by atoms with Crippen molar-refractivity contribution in [3.63, 3.8) is 0 Å². The molecule has 2 N–H and O–H groups in total. The van der Waals surface area contributed by atoms with Crippen LogP contribution in [0.1, 0.15) is 33.6 Å². The van der Waals surface area contributed by atoms with Crippen LogP contribution in [0, 0.1) is 0 Å². The first-order chi connectivity index (χ1) is 14.8. The molecule has 0 radical (unpaired) electrons. The summed E-state index contributed by atoms with van der Waals surface area (Å²) < 4.78 is 5.63. The van der Waals surface area contributed by atoms with E-state index in [-0.39, 0.29) is 5.54 Å². The molecule has 1 aliphatic rings. The molecular weight excluding hydrogens is 408 g/mol. The third-order valence-electron chi connectivity index (χ3n) is 5.59. The van der Waals surface area contributed by atoms with Crippen molar-refractivity contribution < 1.29 is 4.74 Å². The quantitative estimate of drug-likeness (QED) is 0.511. The van der Waals surface area contributed by atoms with Gasteiger partial charge < -0.3 is 20.3 Å². The van der Waals surface area contributed by atoms with Crippen LogP contribution in [0.2, 0.25) is 5.02 Å². The highest BCUT2D eigenvalue weighted by atomic mass is 35.5. The van der Waals surface area contributed by atoms with Crippen molar-refractivity contribution in [1.29, 1.82) is 0 Å². The Morgan fingerprint density at radius 1 is 1.06 bits per heavy atom. The number of piperidine rings is 1. The van der Waals surface area contributed by atoms with Crippen LogP contribution in [0.3, 0.4) is 0 Å². The van der Waals surface area contributed by atoms with Crippen LogP contribution in [0.15, 0.2) is 48.5 Å². The number of benzene rings is 2. The Labute approximate surface area is 189 Å². The summed E-state index contributed by atoms with van der Waals surface area (Å²) in [6.07, 6.45) is 2.23. The number of pyridine rings is 1. The SMILES string of the molecule is COc1cccc2c(N3CCC(NC(C)(C)C)CC3)cc(Nc3ccc(Cl)cc3)nc12. The molecule has 0 unspecified atom stereocenters. The molecule has 4 rings (SSSR count). The Hall–Kier alpha value is -2.50. The number of methoxy groups -OCH3 is 1. The first-order valence-corrected chi connectivity index (χ1v) is 11.2. The van der Waals surface area contributed by atoms with E-state index < -0.39 is 0 Å². The second kappa shape index (κ2) is 8.93. The number of para-hydroxylation sites is 1. The highest BCUT2D eigenvalue weighted by Gasteiger charge is 2.24. The van der Waals surface area contributed by atoms with E-state index in [9.17, 15) is 0 Å². The Balaban J connectivity index is 1.66. The molecule has 1 aromatic heterocycles. The second-order valence-electron chi connectivity index (χ2n) is 9.17. The minimum Gasteiger partial charge on any atom is -0.494 e. The summed E-state index contributed by atoms with van der Waals surface area (Å²) in [6.45, 7) is 8.71. The fourth-order valence-electron chi connectivity index (χ4n) is 4.25. The Morgan fingerprint density at radius 2 is 1.77 bits per heavy atom. The summed E-state index contributed by atoms with van der Waals surface area (Å²) >= 11 is 6.04. The summed E-state index contributed by atoms with van der Waals surface area (Å²) in [5, 5.41) is 9.01. The maximum Gasteiger partial charge on any atom is 0.145 e. The fourth-order valence-corrected chi connectivity index (χ4v) is 4.38. The third-order valence-corrected chi connectivity index (χ3v) is 5.84. The molecule has 0 amide bonds. The van der Waals surface area contributed by atoms with Gasteiger partial charge in [0.1, 0.15) is 17.1 Å². The number of aromatic nitrogens is 1. The number of halogens is 1. The molecule has 0 atom stereocenters. The molecule has 1 fully saturated rings. The van der Waals surface area contributed by atoms with E-state index in [0.717, 1.165) is 54.1 Å². The zero-order chi connectivity index (χ0) is 22.0. The lowest BCUT2D eigenvalue weighted by molar-refractivity contribution is 0.317. The maximum absolute atomic E-state index is 6.04. The molecular formula is C25H31ClN4O. The fraction of sp³-hybridized carbons (Fsp3) is 0.400. The number of fused-ring (bicyclic) bond motifs is 1. The van der Waals surface area contributed by atoms with Crippen molar-refractivity contribution in [2.75, 3.05) is 30.4 Å². The van der Waals surface area contributed by atoms with Crippen LogP contribution in [-0.4, -0.2) is 36.8 Å². The summed E-state index contributed by atoms with van der Waals surface area (Å²) in [7, 11) is 1.69. The predicted octanol–water partition coefficient (Wildman–Crippen LogP) is 6.00. The van der Waals surface area contributed by atoms with Crippen molar-refractivity contribution in [2.24, 2.45) is 0 Å². The molecule has 2 heterocycles. The normalized spacial score (nSPS) is 15.3. The minimum atomic E-state index is 0.138. The van der Waals surface area contributed by atoms with Gasteiger partial charge in [0, 0.05) is 52.5 Å². The number of hydrogen-bond donors (Lipinski definition) is 2. The van der Waals surface area contributed by atoms with Crippen molar-refractivity contribution in [2.45, 2.75) is 45.2 Å². The van der Waals surface area contributed by atoms with Crippen LogP contribution < -0.4 is 20.3 Å². The van der Waals surface area contributed by atoms with Crippen molar-refractivity contribution in [1.82, 2.24) is 10.3 Å². The maximum atomic E-state index is 6.04. The molecule has 1 saturated heterocycles. The molecule has 0 aliphatic carbocycles. The highest BCUT2D eigenvalue weighted by Crippen LogP contribution is 2.36. The third kappa shape index (κ3) is 5.23. The van der Waals surface area contributed by atoms with Gasteiger partial charge >= 0.3 is 0 Å². The molecule has 2 aromatic carbocycles. The van der Waals surface area contributed by atoms with Gasteiger partial charge in [0.25, 0.3) is 0 Å². The predicted molar refractivity (Wildman–Crippen MR) is 131 cm³/mol. The van der Waals surface area contributed by atoms with E-state index in [4.69, 9.17) is 21.3 Å². The zero-order valence-corrected chi connectivity index (χ0v) is 19.5. The molecule has 0 spiro atoms. The molecule has 5 nitrogen and oxygen atoms in total. The van der Waals surface area contributed by atoms with Gasteiger partial charge in [-0.05, 0) is 63.9 Å². The van der Waals surface area contributed by atoms with Crippen LogP contribution in [0.5, 0.6) is 5.75 Å². The highest BCUT2D eigenvalue weighted by molar-refractivity contribution is 6.30. The first-order valence-electron chi connectivity index (χ1n) is 10.9. The molecule has 0 saturated carbocycles. The van der Waals surface area contributed by atoms with Crippen LogP contribution in [0.4, 0.5) is 17.2 Å². The number of anilines is 3. The average molecular weight is 439 g/mol. The molecule has 0 bridgehead atoms. The van der Waals surface area contributed by atoms with E-state index in [2.05, 4.69) is 48.4 Å². The molecule has 3 aromatic rings. The Kier molecular flexibility index (Phi) is 6.26. The lowest BCUT2D eigenvalue weighted by Crippen LogP contribution is -2.49. The largest absolute Gasteiger partial charge is 0.494 e. The summed E-state index contributed by atoms with van der Waals surface area (Å²) in [6, 6.07) is 16.5. The van der Waals surface area contributed by atoms with E-state index in [1.165, 1.54) is 5.69 Å². The molecule has 164 valence electrons.